The van der Waals surface area contributed by atoms with Gasteiger partial charge in [0, 0.05) is 25.2 Å². The Kier molecular flexibility index (Phi) is 5.54. The molecule has 1 amide bonds. The predicted octanol–water partition coefficient (Wildman–Crippen LogP) is 1.15. The van der Waals surface area contributed by atoms with Crippen LogP contribution in [0, 0.1) is 0 Å². The molecule has 28 heavy (non-hydrogen) atoms. The van der Waals surface area contributed by atoms with Crippen LogP contribution in [0.15, 0.2) is 16.8 Å². The summed E-state index contributed by atoms with van der Waals surface area (Å²) in [6.45, 7) is 2.12. The molecule has 0 radical (unpaired) electrons. The van der Waals surface area contributed by atoms with Gasteiger partial charge in [-0.2, -0.15) is 18.2 Å². The number of nitrogens with two attached hydrogens (primary N) is 1. The summed E-state index contributed by atoms with van der Waals surface area (Å²) >= 11 is 6.31. The molecule has 8 nitrogen and oxygen atoms in total. The molecule has 1 atom stereocenters. The van der Waals surface area contributed by atoms with Gasteiger partial charge in [-0.25, -0.2) is 14.8 Å². The number of pyridine rings is 1. The van der Waals surface area contributed by atoms with Crippen LogP contribution in [0.5, 0.6) is 0 Å². The fourth-order valence-electron chi connectivity index (χ4n) is 2.96. The van der Waals surface area contributed by atoms with E-state index in [-0.39, 0.29) is 28.2 Å². The number of nitrogens with one attached hydrogen (secondary N) is 1. The number of piperidine rings is 1. The van der Waals surface area contributed by atoms with Crippen molar-refractivity contribution in [2.75, 3.05) is 11.4 Å². The number of anilines is 1. The first-order valence-corrected chi connectivity index (χ1v) is 8.78. The van der Waals surface area contributed by atoms with Crippen molar-refractivity contribution in [3.05, 3.63) is 23.2 Å². The Balaban J connectivity index is 1.89. The molecule has 12 heteroatoms. The molecular weight excluding hydrogens is 401 g/mol. The molecule has 1 aliphatic heterocycles. The molecule has 0 unspecified atom stereocenters. The van der Waals surface area contributed by atoms with Crippen LogP contribution >= 0.6 is 11.6 Å². The molecule has 3 N–H and O–H groups in total. The van der Waals surface area contributed by atoms with Gasteiger partial charge in [0.05, 0.1) is 5.02 Å². The SMILES string of the molecule is CC(N)=[NH+]C(=O)[C@H]1CCCCN1c1ncc(-c2noc(C(F)(F)F)n2)cc1Cl. The Bertz CT molecular complexity index is 910. The molecule has 3 rings (SSSR count). The van der Waals surface area contributed by atoms with Gasteiger partial charge >= 0.3 is 18.0 Å². The maximum atomic E-state index is 12.6. The van der Waals surface area contributed by atoms with E-state index in [4.69, 9.17) is 17.3 Å². The van der Waals surface area contributed by atoms with Crippen molar-refractivity contribution in [3.63, 3.8) is 0 Å². The van der Waals surface area contributed by atoms with Gasteiger partial charge in [0.1, 0.15) is 11.9 Å². The monoisotopic (exact) mass is 417 g/mol. The van der Waals surface area contributed by atoms with Crippen LogP contribution in [-0.2, 0) is 11.0 Å². The van der Waals surface area contributed by atoms with Crippen LogP contribution in [0.4, 0.5) is 19.0 Å². The topological polar surface area (TPSA) is 112 Å². The van der Waals surface area contributed by atoms with Crippen molar-refractivity contribution < 1.29 is 27.5 Å². The molecule has 0 aromatic carbocycles. The Labute approximate surface area is 162 Å². The summed E-state index contributed by atoms with van der Waals surface area (Å²) in [5, 5.41) is 3.47. The highest BCUT2D eigenvalue weighted by molar-refractivity contribution is 6.33. The first-order chi connectivity index (χ1) is 13.2. The van der Waals surface area contributed by atoms with Crippen molar-refractivity contribution in [3.8, 4) is 11.4 Å². The zero-order valence-corrected chi connectivity index (χ0v) is 15.5. The van der Waals surface area contributed by atoms with Crippen LogP contribution in [0.1, 0.15) is 32.1 Å². The van der Waals surface area contributed by atoms with Crippen molar-refractivity contribution in [2.45, 2.75) is 38.4 Å². The molecule has 0 aliphatic carbocycles. The van der Waals surface area contributed by atoms with E-state index < -0.39 is 18.1 Å². The highest BCUT2D eigenvalue weighted by Crippen LogP contribution is 2.33. The van der Waals surface area contributed by atoms with E-state index >= 15 is 0 Å². The van der Waals surface area contributed by atoms with Gasteiger partial charge in [-0.05, 0) is 25.3 Å². The Morgan fingerprint density at radius 1 is 1.43 bits per heavy atom. The van der Waals surface area contributed by atoms with Gasteiger partial charge < -0.3 is 9.42 Å². The maximum absolute atomic E-state index is 12.6. The molecule has 0 saturated carbocycles. The lowest BCUT2D eigenvalue weighted by atomic mass is 10.0. The van der Waals surface area contributed by atoms with Gasteiger partial charge in [-0.3, -0.25) is 5.73 Å². The first kappa shape index (κ1) is 20.1. The van der Waals surface area contributed by atoms with Crippen LogP contribution in [0.25, 0.3) is 11.4 Å². The summed E-state index contributed by atoms with van der Waals surface area (Å²) in [5.41, 5.74) is 5.72. The predicted molar refractivity (Wildman–Crippen MR) is 93.4 cm³/mol. The lowest BCUT2D eigenvalue weighted by molar-refractivity contribution is -0.381. The lowest BCUT2D eigenvalue weighted by Gasteiger charge is -2.34. The van der Waals surface area contributed by atoms with Crippen LogP contribution in [0.3, 0.4) is 0 Å². The standard InChI is InChI=1S/C16H16ClF3N6O2/c1-8(21)23-14(27)11-4-2-3-5-26(11)13-10(17)6-9(7-22-13)12-24-15(28-25-12)16(18,19)20/h6-7,11H,2-5H2,1H3,(H2,21,23,27)/p+1/t11-/m1/s1. The quantitative estimate of drug-likeness (QED) is 0.569. The number of hydrogen-bond acceptors (Lipinski definition) is 6. The van der Waals surface area contributed by atoms with E-state index in [9.17, 15) is 18.0 Å². The number of amides is 1. The number of carbonyl (C=O) groups is 1. The fraction of sp³-hybridized carbons (Fsp3) is 0.438. The van der Waals surface area contributed by atoms with Crippen molar-refractivity contribution in [2.24, 2.45) is 5.73 Å². The minimum absolute atomic E-state index is 0.156. The van der Waals surface area contributed by atoms with Crippen LogP contribution in [0.2, 0.25) is 5.02 Å². The van der Waals surface area contributed by atoms with E-state index in [0.29, 0.717) is 18.8 Å². The Hall–Kier alpha value is -2.69. The maximum Gasteiger partial charge on any atom is 0.471 e. The molecule has 0 spiro atoms. The molecule has 1 aliphatic rings. The van der Waals surface area contributed by atoms with E-state index in [0.717, 1.165) is 12.8 Å². The average Bonchev–Trinajstić information content (AvgIpc) is 3.11. The zero-order valence-electron chi connectivity index (χ0n) is 14.8. The average molecular weight is 418 g/mol. The number of hydrogen-bond donors (Lipinski definition) is 2. The van der Waals surface area contributed by atoms with Crippen molar-refractivity contribution in [1.82, 2.24) is 15.1 Å². The summed E-state index contributed by atoms with van der Waals surface area (Å²) in [7, 11) is 0. The van der Waals surface area contributed by atoms with Crippen LogP contribution in [-0.4, -0.2) is 39.5 Å². The first-order valence-electron chi connectivity index (χ1n) is 8.40. The molecule has 3 heterocycles. The smallest absolute Gasteiger partial charge is 0.341 e. The zero-order chi connectivity index (χ0) is 20.5. The largest absolute Gasteiger partial charge is 0.471 e. The Morgan fingerprint density at radius 2 is 2.18 bits per heavy atom. The number of amidine groups is 1. The third kappa shape index (κ3) is 4.24. The summed E-state index contributed by atoms with van der Waals surface area (Å²) in [6, 6.07) is 0.879. The van der Waals surface area contributed by atoms with E-state index in [1.54, 1.807) is 11.8 Å². The van der Waals surface area contributed by atoms with Crippen molar-refractivity contribution >= 4 is 29.2 Å². The minimum atomic E-state index is -4.74. The summed E-state index contributed by atoms with van der Waals surface area (Å²) in [4.78, 5) is 24.3. The van der Waals surface area contributed by atoms with E-state index in [1.807, 2.05) is 0 Å². The number of nitrogens with zero attached hydrogens (tertiary/aromatic N) is 4. The number of rotatable bonds is 3. The van der Waals surface area contributed by atoms with E-state index in [2.05, 4.69) is 24.6 Å². The Morgan fingerprint density at radius 3 is 2.79 bits per heavy atom. The number of halogens is 4. The molecule has 150 valence electrons. The molecule has 2 aromatic heterocycles. The number of aromatic nitrogens is 3. The highest BCUT2D eigenvalue weighted by atomic mass is 35.5. The second-order valence-corrected chi connectivity index (χ2v) is 6.73. The molecular formula is C16H17ClF3N6O2+. The van der Waals surface area contributed by atoms with Gasteiger partial charge in [0.25, 0.3) is 0 Å². The van der Waals surface area contributed by atoms with Crippen molar-refractivity contribution in [1.29, 1.82) is 0 Å². The summed E-state index contributed by atoms with van der Waals surface area (Å²) < 4.78 is 42.1. The third-order valence-corrected chi connectivity index (χ3v) is 4.42. The second kappa shape index (κ2) is 7.74. The molecule has 1 saturated heterocycles. The number of carbonyl (C=O) groups excluding carboxylic acids is 1. The van der Waals surface area contributed by atoms with Crippen LogP contribution < -0.4 is 15.6 Å². The normalized spacial score (nSPS) is 18.4. The molecule has 1 fully saturated rings. The van der Waals surface area contributed by atoms with Gasteiger partial charge in [0.15, 0.2) is 0 Å². The molecule has 0 bridgehead atoms. The van der Waals surface area contributed by atoms with Gasteiger partial charge in [-0.1, -0.05) is 16.8 Å². The van der Waals surface area contributed by atoms with Gasteiger partial charge in [-0.15, -0.1) is 0 Å². The summed E-state index contributed by atoms with van der Waals surface area (Å²) in [5.74, 6) is -1.38. The minimum Gasteiger partial charge on any atom is -0.341 e. The molecule has 2 aromatic rings. The second-order valence-electron chi connectivity index (χ2n) is 6.33. The number of alkyl halides is 3. The summed E-state index contributed by atoms with van der Waals surface area (Å²) in [6.07, 6.45) is -1.16. The third-order valence-electron chi connectivity index (χ3n) is 4.15. The lowest BCUT2D eigenvalue weighted by Crippen LogP contribution is -2.83. The van der Waals surface area contributed by atoms with Gasteiger partial charge in [0.2, 0.25) is 11.7 Å². The fourth-order valence-corrected chi connectivity index (χ4v) is 3.23. The van der Waals surface area contributed by atoms with E-state index in [1.165, 1.54) is 12.3 Å². The highest BCUT2D eigenvalue weighted by Gasteiger charge is 2.38.